The van der Waals surface area contributed by atoms with Crippen molar-refractivity contribution in [2.24, 2.45) is 5.73 Å². The van der Waals surface area contributed by atoms with Crippen LogP contribution in [0.1, 0.15) is 31.4 Å². The SMILES string of the molecule is CCCOc1ccc([C@@H](O)CCN)cc1. The Balaban J connectivity index is 2.55. The van der Waals surface area contributed by atoms with Gasteiger partial charge in [-0.15, -0.1) is 0 Å². The molecule has 0 saturated carbocycles. The van der Waals surface area contributed by atoms with Crippen LogP contribution in [0.4, 0.5) is 0 Å². The standard InChI is InChI=1S/C12H19NO2/c1-2-9-15-11-5-3-10(4-6-11)12(14)7-8-13/h3-6,12,14H,2,7-9,13H2,1H3/t12-/m0/s1. The van der Waals surface area contributed by atoms with Gasteiger partial charge < -0.3 is 15.6 Å². The minimum atomic E-state index is -0.463. The van der Waals surface area contributed by atoms with Crippen LogP contribution in [0.15, 0.2) is 24.3 Å². The third-order valence-corrected chi connectivity index (χ3v) is 2.18. The summed E-state index contributed by atoms with van der Waals surface area (Å²) in [7, 11) is 0. The predicted molar refractivity (Wildman–Crippen MR) is 60.9 cm³/mol. The molecule has 15 heavy (non-hydrogen) atoms. The number of nitrogens with two attached hydrogens (primary N) is 1. The Morgan fingerprint density at radius 2 is 2.00 bits per heavy atom. The van der Waals surface area contributed by atoms with Gasteiger partial charge >= 0.3 is 0 Å². The van der Waals surface area contributed by atoms with E-state index in [0.29, 0.717) is 13.0 Å². The van der Waals surface area contributed by atoms with Crippen molar-refractivity contribution in [2.75, 3.05) is 13.2 Å². The van der Waals surface area contributed by atoms with Gasteiger partial charge in [-0.2, -0.15) is 0 Å². The van der Waals surface area contributed by atoms with Crippen molar-refractivity contribution in [3.8, 4) is 5.75 Å². The average molecular weight is 209 g/mol. The number of rotatable bonds is 6. The molecular formula is C12H19NO2. The molecule has 0 heterocycles. The molecule has 0 aliphatic heterocycles. The molecule has 1 aromatic rings. The van der Waals surface area contributed by atoms with Crippen LogP contribution in [0.3, 0.4) is 0 Å². The molecule has 1 atom stereocenters. The molecule has 0 amide bonds. The molecule has 3 heteroatoms. The van der Waals surface area contributed by atoms with E-state index in [2.05, 4.69) is 6.92 Å². The van der Waals surface area contributed by atoms with E-state index in [1.807, 2.05) is 24.3 Å². The van der Waals surface area contributed by atoms with Gasteiger partial charge in [-0.1, -0.05) is 19.1 Å². The Morgan fingerprint density at radius 3 is 2.53 bits per heavy atom. The molecule has 0 spiro atoms. The van der Waals surface area contributed by atoms with E-state index in [1.165, 1.54) is 0 Å². The fourth-order valence-electron chi connectivity index (χ4n) is 1.33. The maximum atomic E-state index is 9.67. The number of ether oxygens (including phenoxy) is 1. The van der Waals surface area contributed by atoms with Crippen molar-refractivity contribution in [2.45, 2.75) is 25.9 Å². The number of aliphatic hydroxyl groups excluding tert-OH is 1. The Kier molecular flexibility index (Phi) is 5.15. The highest BCUT2D eigenvalue weighted by molar-refractivity contribution is 5.28. The van der Waals surface area contributed by atoms with Crippen LogP contribution in [0.25, 0.3) is 0 Å². The van der Waals surface area contributed by atoms with Crippen molar-refractivity contribution in [3.63, 3.8) is 0 Å². The summed E-state index contributed by atoms with van der Waals surface area (Å²) < 4.78 is 5.44. The molecular weight excluding hydrogens is 190 g/mol. The van der Waals surface area contributed by atoms with E-state index in [0.717, 1.165) is 24.3 Å². The Morgan fingerprint density at radius 1 is 1.33 bits per heavy atom. The van der Waals surface area contributed by atoms with Crippen molar-refractivity contribution in [3.05, 3.63) is 29.8 Å². The molecule has 1 aromatic carbocycles. The zero-order chi connectivity index (χ0) is 11.1. The molecule has 0 aliphatic rings. The average Bonchev–Trinajstić information content (AvgIpc) is 2.27. The third kappa shape index (κ3) is 3.90. The topological polar surface area (TPSA) is 55.5 Å². The fourth-order valence-corrected chi connectivity index (χ4v) is 1.33. The van der Waals surface area contributed by atoms with Gasteiger partial charge in [-0.3, -0.25) is 0 Å². The molecule has 0 radical (unpaired) electrons. The van der Waals surface area contributed by atoms with Gasteiger partial charge in [0.2, 0.25) is 0 Å². The number of benzene rings is 1. The molecule has 0 aliphatic carbocycles. The molecule has 3 N–H and O–H groups in total. The summed E-state index contributed by atoms with van der Waals surface area (Å²) in [6, 6.07) is 7.52. The van der Waals surface area contributed by atoms with Crippen molar-refractivity contribution in [1.82, 2.24) is 0 Å². The summed E-state index contributed by atoms with van der Waals surface area (Å²) in [6.07, 6.45) is 1.13. The van der Waals surface area contributed by atoms with Gasteiger partial charge in [-0.25, -0.2) is 0 Å². The molecule has 3 nitrogen and oxygen atoms in total. The summed E-state index contributed by atoms with van der Waals surface area (Å²) in [4.78, 5) is 0. The van der Waals surface area contributed by atoms with Crippen LogP contribution >= 0.6 is 0 Å². The molecule has 0 fully saturated rings. The minimum Gasteiger partial charge on any atom is -0.494 e. The van der Waals surface area contributed by atoms with Crippen LogP contribution in [0, 0.1) is 0 Å². The minimum absolute atomic E-state index is 0.463. The smallest absolute Gasteiger partial charge is 0.119 e. The fraction of sp³-hybridized carbons (Fsp3) is 0.500. The third-order valence-electron chi connectivity index (χ3n) is 2.18. The van der Waals surface area contributed by atoms with Crippen molar-refractivity contribution in [1.29, 1.82) is 0 Å². The maximum absolute atomic E-state index is 9.67. The summed E-state index contributed by atoms with van der Waals surface area (Å²) in [5, 5.41) is 9.67. The van der Waals surface area contributed by atoms with Gasteiger partial charge in [0, 0.05) is 0 Å². The molecule has 0 unspecified atom stereocenters. The van der Waals surface area contributed by atoms with Crippen LogP contribution < -0.4 is 10.5 Å². The van der Waals surface area contributed by atoms with E-state index in [1.54, 1.807) is 0 Å². The van der Waals surface area contributed by atoms with Crippen LogP contribution in [-0.2, 0) is 0 Å². The van der Waals surface area contributed by atoms with E-state index < -0.39 is 6.10 Å². The maximum Gasteiger partial charge on any atom is 0.119 e. The van der Waals surface area contributed by atoms with Crippen LogP contribution in [0.2, 0.25) is 0 Å². The lowest BCUT2D eigenvalue weighted by atomic mass is 10.1. The lowest BCUT2D eigenvalue weighted by Gasteiger charge is -2.10. The highest BCUT2D eigenvalue weighted by atomic mass is 16.5. The van der Waals surface area contributed by atoms with Crippen LogP contribution in [0.5, 0.6) is 5.75 Å². The molecule has 84 valence electrons. The second kappa shape index (κ2) is 6.43. The van der Waals surface area contributed by atoms with Gasteiger partial charge in [0.1, 0.15) is 5.75 Å². The monoisotopic (exact) mass is 209 g/mol. The first-order valence-corrected chi connectivity index (χ1v) is 5.38. The lowest BCUT2D eigenvalue weighted by Crippen LogP contribution is -2.06. The van der Waals surface area contributed by atoms with Gasteiger partial charge in [0.25, 0.3) is 0 Å². The normalized spacial score (nSPS) is 12.5. The molecule has 1 rings (SSSR count). The van der Waals surface area contributed by atoms with E-state index in [-0.39, 0.29) is 0 Å². The Labute approximate surface area is 90.9 Å². The second-order valence-electron chi connectivity index (χ2n) is 3.51. The summed E-state index contributed by atoms with van der Waals surface area (Å²) in [5.41, 5.74) is 6.27. The second-order valence-corrected chi connectivity index (χ2v) is 3.51. The first-order valence-electron chi connectivity index (χ1n) is 5.38. The van der Waals surface area contributed by atoms with E-state index >= 15 is 0 Å². The first-order chi connectivity index (χ1) is 7.27. The predicted octanol–water partition coefficient (Wildman–Crippen LogP) is 1.86. The van der Waals surface area contributed by atoms with Crippen LogP contribution in [-0.4, -0.2) is 18.3 Å². The molecule has 0 bridgehead atoms. The van der Waals surface area contributed by atoms with Crippen molar-refractivity contribution < 1.29 is 9.84 Å². The highest BCUT2D eigenvalue weighted by Gasteiger charge is 2.05. The first kappa shape index (κ1) is 12.0. The molecule has 0 saturated heterocycles. The van der Waals surface area contributed by atoms with Gasteiger partial charge in [0.05, 0.1) is 12.7 Å². The lowest BCUT2D eigenvalue weighted by molar-refractivity contribution is 0.170. The highest BCUT2D eigenvalue weighted by Crippen LogP contribution is 2.19. The van der Waals surface area contributed by atoms with Crippen molar-refractivity contribution >= 4 is 0 Å². The summed E-state index contributed by atoms with van der Waals surface area (Å²) >= 11 is 0. The quantitative estimate of drug-likeness (QED) is 0.752. The Bertz CT molecular complexity index is 271. The zero-order valence-corrected chi connectivity index (χ0v) is 9.15. The largest absolute Gasteiger partial charge is 0.494 e. The van der Waals surface area contributed by atoms with Gasteiger partial charge in [0.15, 0.2) is 0 Å². The summed E-state index contributed by atoms with van der Waals surface area (Å²) in [6.45, 7) is 3.29. The summed E-state index contributed by atoms with van der Waals surface area (Å²) in [5.74, 6) is 0.848. The van der Waals surface area contributed by atoms with E-state index in [9.17, 15) is 5.11 Å². The van der Waals surface area contributed by atoms with Gasteiger partial charge in [-0.05, 0) is 37.1 Å². The number of hydrogen-bond donors (Lipinski definition) is 2. The molecule has 0 aromatic heterocycles. The number of aliphatic hydroxyl groups is 1. The zero-order valence-electron chi connectivity index (χ0n) is 9.15. The Hall–Kier alpha value is -1.06. The number of hydrogen-bond acceptors (Lipinski definition) is 3. The van der Waals surface area contributed by atoms with E-state index in [4.69, 9.17) is 10.5 Å².